The van der Waals surface area contributed by atoms with Crippen molar-refractivity contribution in [2.45, 2.75) is 37.6 Å². The number of nitrogens with zero attached hydrogens (tertiary/aromatic N) is 1. The summed E-state index contributed by atoms with van der Waals surface area (Å²) in [6.07, 6.45) is 3.36. The molecule has 3 heterocycles. The van der Waals surface area contributed by atoms with E-state index in [4.69, 9.17) is 14.2 Å². The van der Waals surface area contributed by atoms with E-state index in [0.29, 0.717) is 19.1 Å². The van der Waals surface area contributed by atoms with E-state index in [9.17, 15) is 0 Å². The summed E-state index contributed by atoms with van der Waals surface area (Å²) >= 11 is 0. The van der Waals surface area contributed by atoms with Crippen LogP contribution in [0.15, 0.2) is 18.2 Å². The quantitative estimate of drug-likeness (QED) is 0.905. The van der Waals surface area contributed by atoms with E-state index in [2.05, 4.69) is 10.3 Å². The fraction of sp³-hybridized carbons (Fsp3) is 0.667. The molecule has 0 aliphatic carbocycles. The second-order valence-electron chi connectivity index (χ2n) is 5.55. The highest BCUT2D eigenvalue weighted by Gasteiger charge is 2.41. The predicted octanol–water partition coefficient (Wildman–Crippen LogP) is 1.52. The average Bonchev–Trinajstić information content (AvgIpc) is 2.89. The molecule has 1 aromatic rings. The van der Waals surface area contributed by atoms with Crippen LogP contribution in [0.1, 0.15) is 25.0 Å². The van der Waals surface area contributed by atoms with E-state index in [1.165, 1.54) is 0 Å². The van der Waals surface area contributed by atoms with Crippen molar-refractivity contribution in [3.05, 3.63) is 23.9 Å². The van der Waals surface area contributed by atoms with Gasteiger partial charge >= 0.3 is 0 Å². The summed E-state index contributed by atoms with van der Waals surface area (Å²) in [5.74, 6) is 0.628. The Hall–Kier alpha value is -1.17. The highest BCUT2D eigenvalue weighted by Crippen LogP contribution is 2.35. The number of aromatic nitrogens is 1. The van der Waals surface area contributed by atoms with Gasteiger partial charge in [-0.15, -0.1) is 0 Å². The summed E-state index contributed by atoms with van der Waals surface area (Å²) in [5, 5.41) is 3.38. The third-order valence-corrected chi connectivity index (χ3v) is 4.15. The summed E-state index contributed by atoms with van der Waals surface area (Å²) in [6.45, 7) is 3.30. The highest BCUT2D eigenvalue weighted by atomic mass is 16.6. The molecule has 1 spiro atoms. The van der Waals surface area contributed by atoms with Crippen molar-refractivity contribution in [3.8, 4) is 5.88 Å². The molecule has 1 unspecified atom stereocenters. The molecular formula is C15H22N2O3. The number of rotatable bonds is 4. The molecule has 2 saturated heterocycles. The van der Waals surface area contributed by atoms with Crippen LogP contribution >= 0.6 is 0 Å². The first-order chi connectivity index (χ1) is 9.80. The van der Waals surface area contributed by atoms with E-state index < -0.39 is 0 Å². The van der Waals surface area contributed by atoms with Crippen molar-refractivity contribution in [2.24, 2.45) is 0 Å². The Morgan fingerprint density at radius 3 is 3.05 bits per heavy atom. The lowest BCUT2D eigenvalue weighted by Crippen LogP contribution is -2.41. The van der Waals surface area contributed by atoms with Gasteiger partial charge in [0.1, 0.15) is 0 Å². The normalized spacial score (nSPS) is 24.9. The molecule has 1 N–H and O–H groups in total. The minimum Gasteiger partial charge on any atom is -0.481 e. The Balaban J connectivity index is 1.51. The zero-order valence-electron chi connectivity index (χ0n) is 11.9. The first kappa shape index (κ1) is 13.8. The molecule has 1 aromatic heterocycles. The third-order valence-electron chi connectivity index (χ3n) is 4.15. The van der Waals surface area contributed by atoms with Gasteiger partial charge in [-0.2, -0.15) is 0 Å². The second-order valence-corrected chi connectivity index (χ2v) is 5.55. The van der Waals surface area contributed by atoms with Crippen LogP contribution in [0.4, 0.5) is 0 Å². The standard InChI is InChI=1S/C15H22N2O3/c1-18-14-4-2-3-12(17-14)10-19-13-9-15(20-11-13)5-7-16-8-6-15/h2-4,13,16H,5-11H2,1H3. The molecule has 0 radical (unpaired) electrons. The van der Waals surface area contributed by atoms with Gasteiger partial charge in [-0.25, -0.2) is 4.98 Å². The van der Waals surface area contributed by atoms with Crippen LogP contribution in [-0.4, -0.2) is 43.5 Å². The van der Waals surface area contributed by atoms with Gasteiger partial charge < -0.3 is 19.5 Å². The zero-order chi connectivity index (χ0) is 13.8. The number of pyridine rings is 1. The highest BCUT2D eigenvalue weighted by molar-refractivity contribution is 5.15. The molecule has 2 fully saturated rings. The van der Waals surface area contributed by atoms with Gasteiger partial charge in [-0.1, -0.05) is 6.07 Å². The van der Waals surface area contributed by atoms with Crippen LogP contribution in [-0.2, 0) is 16.1 Å². The Morgan fingerprint density at radius 2 is 2.25 bits per heavy atom. The fourth-order valence-electron chi connectivity index (χ4n) is 3.00. The topological polar surface area (TPSA) is 52.6 Å². The number of methoxy groups -OCH3 is 1. The Kier molecular flexibility index (Phi) is 4.19. The van der Waals surface area contributed by atoms with Crippen molar-refractivity contribution in [3.63, 3.8) is 0 Å². The monoisotopic (exact) mass is 278 g/mol. The largest absolute Gasteiger partial charge is 0.481 e. The van der Waals surface area contributed by atoms with Crippen LogP contribution in [0.25, 0.3) is 0 Å². The molecular weight excluding hydrogens is 256 g/mol. The van der Waals surface area contributed by atoms with Gasteiger partial charge in [0, 0.05) is 12.5 Å². The molecule has 1 atom stereocenters. The molecule has 0 bridgehead atoms. The minimum absolute atomic E-state index is 0.0533. The van der Waals surface area contributed by atoms with E-state index in [-0.39, 0.29) is 11.7 Å². The van der Waals surface area contributed by atoms with Gasteiger partial charge in [0.15, 0.2) is 0 Å². The van der Waals surface area contributed by atoms with Crippen molar-refractivity contribution in [1.82, 2.24) is 10.3 Å². The van der Waals surface area contributed by atoms with Crippen LogP contribution in [0.2, 0.25) is 0 Å². The second kappa shape index (κ2) is 6.08. The van der Waals surface area contributed by atoms with Crippen LogP contribution in [0.3, 0.4) is 0 Å². The van der Waals surface area contributed by atoms with E-state index in [1.54, 1.807) is 7.11 Å². The van der Waals surface area contributed by atoms with E-state index in [0.717, 1.165) is 38.0 Å². The molecule has 5 nitrogen and oxygen atoms in total. The Labute approximate surface area is 119 Å². The van der Waals surface area contributed by atoms with Crippen molar-refractivity contribution in [2.75, 3.05) is 26.8 Å². The average molecular weight is 278 g/mol. The lowest BCUT2D eigenvalue weighted by Gasteiger charge is -2.32. The van der Waals surface area contributed by atoms with Gasteiger partial charge in [-0.3, -0.25) is 0 Å². The molecule has 3 rings (SSSR count). The van der Waals surface area contributed by atoms with Crippen molar-refractivity contribution in [1.29, 1.82) is 0 Å². The fourth-order valence-corrected chi connectivity index (χ4v) is 3.00. The maximum absolute atomic E-state index is 6.02. The molecule has 2 aliphatic heterocycles. The molecule has 2 aliphatic rings. The molecule has 110 valence electrons. The zero-order valence-corrected chi connectivity index (χ0v) is 11.9. The maximum Gasteiger partial charge on any atom is 0.213 e. The first-order valence-electron chi connectivity index (χ1n) is 7.26. The number of ether oxygens (including phenoxy) is 3. The summed E-state index contributed by atoms with van der Waals surface area (Å²) in [5.41, 5.74) is 0.952. The third kappa shape index (κ3) is 3.11. The first-order valence-corrected chi connectivity index (χ1v) is 7.26. The summed E-state index contributed by atoms with van der Waals surface area (Å²) in [6, 6.07) is 5.73. The lowest BCUT2D eigenvalue weighted by molar-refractivity contribution is -0.0242. The summed E-state index contributed by atoms with van der Waals surface area (Å²) in [4.78, 5) is 4.36. The smallest absolute Gasteiger partial charge is 0.213 e. The van der Waals surface area contributed by atoms with Gasteiger partial charge in [0.25, 0.3) is 0 Å². The van der Waals surface area contributed by atoms with Gasteiger partial charge in [0.05, 0.1) is 37.7 Å². The Morgan fingerprint density at radius 1 is 1.40 bits per heavy atom. The molecule has 0 saturated carbocycles. The van der Waals surface area contributed by atoms with Gasteiger partial charge in [-0.05, 0) is 32.0 Å². The summed E-state index contributed by atoms with van der Waals surface area (Å²) in [7, 11) is 1.62. The predicted molar refractivity (Wildman–Crippen MR) is 74.8 cm³/mol. The summed E-state index contributed by atoms with van der Waals surface area (Å²) < 4.78 is 17.1. The maximum atomic E-state index is 6.02. The van der Waals surface area contributed by atoms with Crippen LogP contribution in [0.5, 0.6) is 5.88 Å². The number of piperidine rings is 1. The number of hydrogen-bond acceptors (Lipinski definition) is 5. The van der Waals surface area contributed by atoms with Crippen molar-refractivity contribution < 1.29 is 14.2 Å². The van der Waals surface area contributed by atoms with E-state index in [1.807, 2.05) is 18.2 Å². The lowest BCUT2D eigenvalue weighted by atomic mass is 9.89. The molecule has 20 heavy (non-hydrogen) atoms. The number of hydrogen-bond donors (Lipinski definition) is 1. The van der Waals surface area contributed by atoms with Crippen LogP contribution < -0.4 is 10.1 Å². The SMILES string of the molecule is COc1cccc(COC2COC3(CCNCC3)C2)n1. The van der Waals surface area contributed by atoms with E-state index >= 15 is 0 Å². The Bertz CT molecular complexity index is 446. The van der Waals surface area contributed by atoms with Crippen molar-refractivity contribution >= 4 is 0 Å². The minimum atomic E-state index is 0.0533. The van der Waals surface area contributed by atoms with Crippen LogP contribution in [0, 0.1) is 0 Å². The van der Waals surface area contributed by atoms with Gasteiger partial charge in [0.2, 0.25) is 5.88 Å². The molecule has 0 aromatic carbocycles. The molecule has 5 heteroatoms. The number of nitrogens with one attached hydrogen (secondary N) is 1. The molecule has 0 amide bonds.